The van der Waals surface area contributed by atoms with Crippen molar-refractivity contribution >= 4 is 28.2 Å². The van der Waals surface area contributed by atoms with Crippen LogP contribution < -0.4 is 15.8 Å². The van der Waals surface area contributed by atoms with E-state index in [0.717, 1.165) is 10.9 Å². The zero-order valence-electron chi connectivity index (χ0n) is 11.8. The van der Waals surface area contributed by atoms with Gasteiger partial charge in [-0.15, -0.1) is 0 Å². The molecule has 2 aromatic carbocycles. The lowest BCUT2D eigenvalue weighted by Crippen LogP contribution is -2.20. The van der Waals surface area contributed by atoms with E-state index >= 15 is 0 Å². The Kier molecular flexibility index (Phi) is 3.87. The monoisotopic (exact) mass is 293 g/mol. The smallest absolute Gasteiger partial charge is 0.262 e. The minimum absolute atomic E-state index is 0.106. The quantitative estimate of drug-likeness (QED) is 0.725. The molecule has 3 rings (SSSR count). The Morgan fingerprint density at radius 3 is 2.82 bits per heavy atom. The van der Waals surface area contributed by atoms with Crippen molar-refractivity contribution in [1.29, 1.82) is 0 Å². The van der Waals surface area contributed by atoms with E-state index in [1.165, 1.54) is 0 Å². The molecule has 0 radical (unpaired) electrons. The molecule has 1 heterocycles. The molecule has 0 spiro atoms. The van der Waals surface area contributed by atoms with Gasteiger partial charge in [-0.05, 0) is 36.4 Å². The van der Waals surface area contributed by atoms with Gasteiger partial charge in [-0.1, -0.05) is 18.2 Å². The van der Waals surface area contributed by atoms with Crippen LogP contribution in [0.3, 0.4) is 0 Å². The van der Waals surface area contributed by atoms with Crippen LogP contribution in [0.4, 0.5) is 11.4 Å². The van der Waals surface area contributed by atoms with Gasteiger partial charge in [0.25, 0.3) is 5.91 Å². The second-order valence-electron chi connectivity index (χ2n) is 4.75. The highest BCUT2D eigenvalue weighted by Gasteiger charge is 2.08. The van der Waals surface area contributed by atoms with Crippen molar-refractivity contribution in [2.24, 2.45) is 0 Å². The van der Waals surface area contributed by atoms with Crippen molar-refractivity contribution in [1.82, 2.24) is 4.98 Å². The summed E-state index contributed by atoms with van der Waals surface area (Å²) >= 11 is 0. The van der Waals surface area contributed by atoms with Crippen molar-refractivity contribution in [2.45, 2.75) is 0 Å². The van der Waals surface area contributed by atoms with E-state index in [-0.39, 0.29) is 12.5 Å². The lowest BCUT2D eigenvalue weighted by Gasteiger charge is -2.10. The fraction of sp³-hybridized carbons (Fsp3) is 0.0588. The van der Waals surface area contributed by atoms with Crippen molar-refractivity contribution in [3.63, 3.8) is 0 Å². The molecule has 0 bridgehead atoms. The highest BCUT2D eigenvalue weighted by molar-refractivity contribution is 6.01. The van der Waals surface area contributed by atoms with Crippen molar-refractivity contribution < 1.29 is 9.53 Å². The molecule has 0 saturated heterocycles. The minimum atomic E-state index is -0.250. The number of amides is 1. The van der Waals surface area contributed by atoms with Crippen molar-refractivity contribution in [3.8, 4) is 5.75 Å². The van der Waals surface area contributed by atoms with Gasteiger partial charge in [0, 0.05) is 11.6 Å². The van der Waals surface area contributed by atoms with Crippen LogP contribution in [0.25, 0.3) is 10.9 Å². The number of aromatic nitrogens is 1. The first-order valence-electron chi connectivity index (χ1n) is 6.85. The van der Waals surface area contributed by atoms with Crippen LogP contribution in [0.2, 0.25) is 0 Å². The van der Waals surface area contributed by atoms with Gasteiger partial charge in [0.05, 0.1) is 16.9 Å². The maximum Gasteiger partial charge on any atom is 0.262 e. The molecule has 1 aromatic heterocycles. The number of carbonyl (C=O) groups is 1. The lowest BCUT2D eigenvalue weighted by molar-refractivity contribution is -0.118. The normalized spacial score (nSPS) is 10.4. The Bertz CT molecular complexity index is 812. The SMILES string of the molecule is Nc1ccccc1OCC(=O)Nc1cccc2ncccc12. The number of para-hydroxylation sites is 2. The van der Waals surface area contributed by atoms with Gasteiger partial charge in [0.1, 0.15) is 5.75 Å². The Labute approximate surface area is 127 Å². The molecule has 3 aromatic rings. The number of fused-ring (bicyclic) bond motifs is 1. The zero-order chi connectivity index (χ0) is 15.4. The molecule has 0 saturated carbocycles. The maximum absolute atomic E-state index is 12.0. The number of nitrogens with one attached hydrogen (secondary N) is 1. The fourth-order valence-electron chi connectivity index (χ4n) is 2.15. The average Bonchev–Trinajstić information content (AvgIpc) is 2.54. The van der Waals surface area contributed by atoms with Crippen molar-refractivity contribution in [3.05, 3.63) is 60.8 Å². The van der Waals surface area contributed by atoms with E-state index in [2.05, 4.69) is 10.3 Å². The van der Waals surface area contributed by atoms with Gasteiger partial charge in [0.15, 0.2) is 6.61 Å². The summed E-state index contributed by atoms with van der Waals surface area (Å²) in [6.45, 7) is -0.106. The van der Waals surface area contributed by atoms with E-state index < -0.39 is 0 Å². The third-order valence-corrected chi connectivity index (χ3v) is 3.20. The third kappa shape index (κ3) is 2.98. The number of pyridine rings is 1. The largest absolute Gasteiger partial charge is 0.482 e. The fourth-order valence-corrected chi connectivity index (χ4v) is 2.15. The van der Waals surface area contributed by atoms with Gasteiger partial charge in [-0.25, -0.2) is 0 Å². The second-order valence-corrected chi connectivity index (χ2v) is 4.75. The third-order valence-electron chi connectivity index (χ3n) is 3.20. The van der Waals surface area contributed by atoms with Gasteiger partial charge in [-0.3, -0.25) is 9.78 Å². The summed E-state index contributed by atoms with van der Waals surface area (Å²) in [5.74, 6) is 0.247. The Morgan fingerprint density at radius 2 is 1.95 bits per heavy atom. The second kappa shape index (κ2) is 6.13. The molecule has 3 N–H and O–H groups in total. The zero-order valence-corrected chi connectivity index (χ0v) is 11.8. The molecular weight excluding hydrogens is 278 g/mol. The van der Waals surface area contributed by atoms with Crippen LogP contribution in [0.15, 0.2) is 60.8 Å². The predicted octanol–water partition coefficient (Wildman–Crippen LogP) is 2.83. The number of nitrogens with zero attached hydrogens (tertiary/aromatic N) is 1. The lowest BCUT2D eigenvalue weighted by atomic mass is 10.2. The number of hydrogen-bond acceptors (Lipinski definition) is 4. The van der Waals surface area contributed by atoms with Gasteiger partial charge < -0.3 is 15.8 Å². The first kappa shape index (κ1) is 13.9. The van der Waals surface area contributed by atoms with Crippen LogP contribution >= 0.6 is 0 Å². The predicted molar refractivity (Wildman–Crippen MR) is 86.7 cm³/mol. The molecular formula is C17H15N3O2. The van der Waals surface area contributed by atoms with Gasteiger partial charge >= 0.3 is 0 Å². The maximum atomic E-state index is 12.0. The number of anilines is 2. The van der Waals surface area contributed by atoms with Crippen LogP contribution in [0.1, 0.15) is 0 Å². The summed E-state index contributed by atoms with van der Waals surface area (Å²) in [4.78, 5) is 16.3. The summed E-state index contributed by atoms with van der Waals surface area (Å²) in [7, 11) is 0. The number of ether oxygens (including phenoxy) is 1. The van der Waals surface area contributed by atoms with E-state index in [1.54, 1.807) is 24.4 Å². The standard InChI is InChI=1S/C17H15N3O2/c18-13-6-1-2-9-16(13)22-11-17(21)20-15-8-3-7-14-12(15)5-4-10-19-14/h1-10H,11,18H2,(H,20,21). The number of nitrogens with two attached hydrogens (primary N) is 1. The molecule has 0 aliphatic heterocycles. The Morgan fingerprint density at radius 1 is 1.09 bits per heavy atom. The molecule has 0 aliphatic carbocycles. The van der Waals surface area contributed by atoms with E-state index in [4.69, 9.17) is 10.5 Å². The molecule has 22 heavy (non-hydrogen) atoms. The molecule has 0 aliphatic rings. The summed E-state index contributed by atoms with van der Waals surface area (Å²) in [6, 6.07) is 16.4. The topological polar surface area (TPSA) is 77.2 Å². The molecule has 5 heteroatoms. The highest BCUT2D eigenvalue weighted by Crippen LogP contribution is 2.22. The average molecular weight is 293 g/mol. The summed E-state index contributed by atoms with van der Waals surface area (Å²) in [5.41, 5.74) is 7.81. The number of rotatable bonds is 4. The number of hydrogen-bond donors (Lipinski definition) is 2. The molecule has 0 fully saturated rings. The molecule has 0 unspecified atom stereocenters. The Balaban J connectivity index is 1.70. The number of nitrogen functional groups attached to an aromatic ring is 1. The number of benzene rings is 2. The molecule has 1 amide bonds. The van der Waals surface area contributed by atoms with Crippen LogP contribution in [0, 0.1) is 0 Å². The van der Waals surface area contributed by atoms with Gasteiger partial charge in [0.2, 0.25) is 0 Å². The summed E-state index contributed by atoms with van der Waals surface area (Å²) in [6.07, 6.45) is 1.72. The summed E-state index contributed by atoms with van der Waals surface area (Å²) < 4.78 is 5.43. The Hall–Kier alpha value is -3.08. The van der Waals surface area contributed by atoms with Gasteiger partial charge in [-0.2, -0.15) is 0 Å². The van der Waals surface area contributed by atoms with Crippen LogP contribution in [0.5, 0.6) is 5.75 Å². The first-order chi connectivity index (χ1) is 10.7. The van der Waals surface area contributed by atoms with Crippen LogP contribution in [-0.4, -0.2) is 17.5 Å². The van der Waals surface area contributed by atoms with Crippen molar-refractivity contribution in [2.75, 3.05) is 17.7 Å². The van der Waals surface area contributed by atoms with E-state index in [1.807, 2.05) is 36.4 Å². The first-order valence-corrected chi connectivity index (χ1v) is 6.85. The molecule has 5 nitrogen and oxygen atoms in total. The minimum Gasteiger partial charge on any atom is -0.482 e. The van der Waals surface area contributed by atoms with E-state index in [9.17, 15) is 4.79 Å². The number of carbonyl (C=O) groups excluding carboxylic acids is 1. The van der Waals surface area contributed by atoms with Crippen LogP contribution in [-0.2, 0) is 4.79 Å². The molecule has 0 atom stereocenters. The highest BCUT2D eigenvalue weighted by atomic mass is 16.5. The molecule has 110 valence electrons. The summed E-state index contributed by atoms with van der Waals surface area (Å²) in [5, 5.41) is 3.72. The van der Waals surface area contributed by atoms with E-state index in [0.29, 0.717) is 17.1 Å².